The lowest BCUT2D eigenvalue weighted by Gasteiger charge is -2.39. The summed E-state index contributed by atoms with van der Waals surface area (Å²) in [5.74, 6) is 0.357. The van der Waals surface area contributed by atoms with Crippen molar-refractivity contribution in [1.82, 2.24) is 0 Å². The third-order valence-corrected chi connectivity index (χ3v) is 4.23. The van der Waals surface area contributed by atoms with E-state index in [9.17, 15) is 14.4 Å². The van der Waals surface area contributed by atoms with Crippen LogP contribution in [0.3, 0.4) is 0 Å². The fourth-order valence-corrected chi connectivity index (χ4v) is 3.29. The second kappa shape index (κ2) is 9.95. The van der Waals surface area contributed by atoms with Gasteiger partial charge in [-0.1, -0.05) is 12.8 Å². The molecule has 1 aliphatic carbocycles. The summed E-state index contributed by atoms with van der Waals surface area (Å²) in [7, 11) is 0. The first-order valence-corrected chi connectivity index (χ1v) is 7.37. The molecule has 21 heavy (non-hydrogen) atoms. The highest BCUT2D eigenvalue weighted by atomic mass is 16.1. The van der Waals surface area contributed by atoms with Gasteiger partial charge in [-0.15, -0.1) is 0 Å². The van der Waals surface area contributed by atoms with Gasteiger partial charge in [0.05, 0.1) is 19.6 Å². The molecule has 0 heterocycles. The number of nitrogens with zero attached hydrogens (tertiary/aromatic N) is 3. The molecule has 0 aromatic heterocycles. The van der Waals surface area contributed by atoms with Crippen LogP contribution in [0.4, 0.5) is 0 Å². The maximum absolute atomic E-state index is 10.4. The Kier molecular flexibility index (Phi) is 8.15. The van der Waals surface area contributed by atoms with E-state index in [2.05, 4.69) is 15.0 Å². The van der Waals surface area contributed by atoms with E-state index in [0.717, 1.165) is 44.9 Å². The molecule has 0 radical (unpaired) electrons. The molecule has 0 saturated heterocycles. The van der Waals surface area contributed by atoms with Gasteiger partial charge >= 0.3 is 0 Å². The monoisotopic (exact) mass is 291 g/mol. The van der Waals surface area contributed by atoms with Crippen LogP contribution in [-0.2, 0) is 14.4 Å². The molecule has 1 fully saturated rings. The topological polar surface area (TPSA) is 88.3 Å². The van der Waals surface area contributed by atoms with Gasteiger partial charge in [0.2, 0.25) is 18.2 Å². The van der Waals surface area contributed by atoms with Crippen LogP contribution in [0.5, 0.6) is 0 Å². The van der Waals surface area contributed by atoms with Crippen LogP contribution >= 0.6 is 0 Å². The Morgan fingerprint density at radius 3 is 2.48 bits per heavy atom. The van der Waals surface area contributed by atoms with E-state index in [-0.39, 0.29) is 5.41 Å². The van der Waals surface area contributed by atoms with Crippen LogP contribution in [0, 0.1) is 11.3 Å². The zero-order chi connectivity index (χ0) is 15.4. The van der Waals surface area contributed by atoms with E-state index in [4.69, 9.17) is 0 Å². The molecule has 2 atom stereocenters. The maximum Gasteiger partial charge on any atom is 0.234 e. The van der Waals surface area contributed by atoms with Crippen molar-refractivity contribution in [3.63, 3.8) is 0 Å². The van der Waals surface area contributed by atoms with Crippen LogP contribution in [0.2, 0.25) is 0 Å². The number of isocyanates is 3. The highest BCUT2D eigenvalue weighted by molar-refractivity contribution is 5.33. The van der Waals surface area contributed by atoms with Gasteiger partial charge in [0.15, 0.2) is 0 Å². The lowest BCUT2D eigenvalue weighted by molar-refractivity contribution is 0.134. The second-order valence-electron chi connectivity index (χ2n) is 5.73. The minimum absolute atomic E-state index is 0.0103. The number of aliphatic imine (C=N–C) groups is 3. The molecule has 1 aliphatic rings. The highest BCUT2D eigenvalue weighted by Gasteiger charge is 2.35. The fraction of sp³-hybridized carbons (Fsp3) is 0.800. The molecule has 6 heteroatoms. The van der Waals surface area contributed by atoms with Gasteiger partial charge in [-0.2, -0.15) is 0 Å². The minimum atomic E-state index is -0.0103. The second-order valence-corrected chi connectivity index (χ2v) is 5.73. The van der Waals surface area contributed by atoms with E-state index in [0.29, 0.717) is 25.6 Å². The van der Waals surface area contributed by atoms with Crippen LogP contribution in [0.1, 0.15) is 44.9 Å². The molecule has 0 amide bonds. The predicted octanol–water partition coefficient (Wildman–Crippen LogP) is 2.34. The number of rotatable bonds is 9. The molecular weight excluding hydrogens is 270 g/mol. The summed E-state index contributed by atoms with van der Waals surface area (Å²) in [6, 6.07) is 0. The van der Waals surface area contributed by atoms with Crippen molar-refractivity contribution in [2.24, 2.45) is 26.3 Å². The first-order valence-electron chi connectivity index (χ1n) is 7.37. The van der Waals surface area contributed by atoms with Crippen LogP contribution < -0.4 is 0 Å². The molecule has 0 aliphatic heterocycles. The van der Waals surface area contributed by atoms with E-state index in [1.807, 2.05) is 0 Å². The zero-order valence-corrected chi connectivity index (χ0v) is 12.2. The summed E-state index contributed by atoms with van der Waals surface area (Å²) in [6.07, 6.45) is 11.5. The van der Waals surface area contributed by atoms with Crippen molar-refractivity contribution in [2.45, 2.75) is 44.9 Å². The third-order valence-electron chi connectivity index (χ3n) is 4.23. The fourth-order valence-electron chi connectivity index (χ4n) is 3.29. The number of unbranched alkanes of at least 4 members (excludes halogenated alkanes) is 1. The average Bonchev–Trinajstić information content (AvgIpc) is 2.51. The van der Waals surface area contributed by atoms with Gasteiger partial charge in [0.25, 0.3) is 0 Å². The number of carbonyl (C=O) groups excluding carboxylic acids is 3. The van der Waals surface area contributed by atoms with Crippen molar-refractivity contribution in [1.29, 1.82) is 0 Å². The largest absolute Gasteiger partial charge is 0.234 e. The van der Waals surface area contributed by atoms with E-state index >= 15 is 0 Å². The standard InChI is InChI=1S/C15H21N3O3/c19-11-16-7-2-1-5-15(10-18-13-21)6-3-4-14(8-15)9-17-12-20/h14H,1-10H2. The van der Waals surface area contributed by atoms with Crippen LogP contribution in [0.25, 0.3) is 0 Å². The maximum atomic E-state index is 10.4. The van der Waals surface area contributed by atoms with Crippen molar-refractivity contribution in [3.8, 4) is 0 Å². The summed E-state index contributed by atoms with van der Waals surface area (Å²) in [5, 5.41) is 0. The van der Waals surface area contributed by atoms with Crippen molar-refractivity contribution in [2.75, 3.05) is 19.6 Å². The molecule has 6 nitrogen and oxygen atoms in total. The first kappa shape index (κ1) is 17.2. The van der Waals surface area contributed by atoms with Gasteiger partial charge < -0.3 is 0 Å². The Bertz CT molecular complexity index is 461. The quantitative estimate of drug-likeness (QED) is 0.371. The van der Waals surface area contributed by atoms with Crippen molar-refractivity contribution < 1.29 is 14.4 Å². The van der Waals surface area contributed by atoms with Crippen molar-refractivity contribution in [3.05, 3.63) is 0 Å². The first-order chi connectivity index (χ1) is 10.3. The van der Waals surface area contributed by atoms with Gasteiger partial charge in [0, 0.05) is 0 Å². The minimum Gasteiger partial charge on any atom is -0.211 e. The summed E-state index contributed by atoms with van der Waals surface area (Å²) in [5.41, 5.74) is -0.0103. The molecule has 0 bridgehead atoms. The molecule has 1 saturated carbocycles. The van der Waals surface area contributed by atoms with Crippen molar-refractivity contribution >= 4 is 18.2 Å². The third kappa shape index (κ3) is 6.42. The molecule has 0 aromatic carbocycles. The summed E-state index contributed by atoms with van der Waals surface area (Å²) in [6.45, 7) is 1.48. The Balaban J connectivity index is 2.60. The Labute approximate surface area is 124 Å². The summed E-state index contributed by atoms with van der Waals surface area (Å²) in [4.78, 5) is 41.7. The molecule has 0 spiro atoms. The number of hydrogen-bond donors (Lipinski definition) is 0. The summed E-state index contributed by atoms with van der Waals surface area (Å²) < 4.78 is 0. The lowest BCUT2D eigenvalue weighted by Crippen LogP contribution is -2.32. The molecule has 0 N–H and O–H groups in total. The molecule has 0 aromatic rings. The average molecular weight is 291 g/mol. The molecular formula is C15H21N3O3. The van der Waals surface area contributed by atoms with Crippen LogP contribution in [0.15, 0.2) is 15.0 Å². The van der Waals surface area contributed by atoms with Gasteiger partial charge in [0.1, 0.15) is 0 Å². The van der Waals surface area contributed by atoms with Gasteiger partial charge in [-0.3, -0.25) is 0 Å². The Morgan fingerprint density at radius 1 is 1.00 bits per heavy atom. The SMILES string of the molecule is O=C=NCCCCC1(CN=C=O)CCCC(CN=C=O)C1. The normalized spacial score (nSPS) is 24.3. The van der Waals surface area contributed by atoms with E-state index in [1.54, 1.807) is 12.2 Å². The molecule has 1 rings (SSSR count). The smallest absolute Gasteiger partial charge is 0.211 e. The van der Waals surface area contributed by atoms with E-state index in [1.165, 1.54) is 6.08 Å². The number of hydrogen-bond acceptors (Lipinski definition) is 6. The Hall–Kier alpha value is -1.86. The predicted molar refractivity (Wildman–Crippen MR) is 77.2 cm³/mol. The van der Waals surface area contributed by atoms with Crippen LogP contribution in [-0.4, -0.2) is 37.9 Å². The van der Waals surface area contributed by atoms with Gasteiger partial charge in [-0.25, -0.2) is 29.4 Å². The van der Waals surface area contributed by atoms with Gasteiger partial charge in [-0.05, 0) is 43.4 Å². The summed E-state index contributed by atoms with van der Waals surface area (Å²) >= 11 is 0. The highest BCUT2D eigenvalue weighted by Crippen LogP contribution is 2.43. The van der Waals surface area contributed by atoms with E-state index < -0.39 is 0 Å². The Morgan fingerprint density at radius 2 is 1.76 bits per heavy atom. The zero-order valence-electron chi connectivity index (χ0n) is 12.2. The molecule has 114 valence electrons. The lowest BCUT2D eigenvalue weighted by atomic mass is 9.67. The molecule has 2 unspecified atom stereocenters.